The van der Waals surface area contributed by atoms with E-state index in [1.165, 1.54) is 7.11 Å². The van der Waals surface area contributed by atoms with Gasteiger partial charge in [-0.3, -0.25) is 9.40 Å². The molecule has 2 heterocycles. The lowest BCUT2D eigenvalue weighted by Gasteiger charge is -2.39. The molecule has 0 spiro atoms. The summed E-state index contributed by atoms with van der Waals surface area (Å²) in [5, 5.41) is 8.58. The van der Waals surface area contributed by atoms with Crippen molar-refractivity contribution in [2.45, 2.75) is 31.4 Å². The number of anilines is 1. The molecule has 1 fully saturated rings. The van der Waals surface area contributed by atoms with E-state index < -0.39 is 15.6 Å². The Bertz CT molecular complexity index is 1070. The van der Waals surface area contributed by atoms with E-state index in [-0.39, 0.29) is 11.6 Å². The van der Waals surface area contributed by atoms with E-state index in [0.717, 1.165) is 24.8 Å². The van der Waals surface area contributed by atoms with Crippen LogP contribution in [0.4, 0.5) is 5.82 Å². The van der Waals surface area contributed by atoms with Crippen LogP contribution in [0.5, 0.6) is 5.75 Å². The van der Waals surface area contributed by atoms with Crippen molar-refractivity contribution in [2.75, 3.05) is 24.7 Å². The van der Waals surface area contributed by atoms with Crippen LogP contribution in [0, 0.1) is 0 Å². The first kappa shape index (κ1) is 18.8. The van der Waals surface area contributed by atoms with E-state index >= 15 is 0 Å². The van der Waals surface area contributed by atoms with E-state index in [4.69, 9.17) is 14.0 Å². The first-order valence-electron chi connectivity index (χ1n) is 8.93. The van der Waals surface area contributed by atoms with Crippen molar-refractivity contribution < 1.29 is 22.4 Å². The second-order valence-electron chi connectivity index (χ2n) is 7.01. The lowest BCUT2D eigenvalue weighted by Crippen LogP contribution is -2.46. The van der Waals surface area contributed by atoms with Crippen LogP contribution in [0.1, 0.15) is 24.8 Å². The average Bonchev–Trinajstić information content (AvgIpc) is 3.27. The van der Waals surface area contributed by atoms with E-state index in [2.05, 4.69) is 15.0 Å². The van der Waals surface area contributed by atoms with Gasteiger partial charge in [0.1, 0.15) is 11.1 Å². The highest BCUT2D eigenvalue weighted by Gasteiger charge is 2.41. The third kappa shape index (κ3) is 3.57. The predicted molar refractivity (Wildman–Crippen MR) is 103 cm³/mol. The topological polar surface area (TPSA) is 108 Å². The number of rotatable bonds is 8. The lowest BCUT2D eigenvalue weighted by molar-refractivity contribution is -0.0524. The molecule has 2 aromatic heterocycles. The van der Waals surface area contributed by atoms with Gasteiger partial charge in [0.15, 0.2) is 11.4 Å². The minimum absolute atomic E-state index is 0.114. The number of nitrogens with zero attached hydrogens (tertiary/aromatic N) is 3. The summed E-state index contributed by atoms with van der Waals surface area (Å²) in [4.78, 5) is 0. The van der Waals surface area contributed by atoms with Crippen molar-refractivity contribution in [3.05, 3.63) is 36.2 Å². The molecule has 0 amide bonds. The van der Waals surface area contributed by atoms with Crippen molar-refractivity contribution in [1.29, 1.82) is 0 Å². The highest BCUT2D eigenvalue weighted by molar-refractivity contribution is 7.92. The molecule has 1 saturated carbocycles. The summed E-state index contributed by atoms with van der Waals surface area (Å²) in [5.41, 5.74) is 0.711. The third-order valence-corrected chi connectivity index (χ3v) is 6.54. The number of hydrogen-bond acceptors (Lipinski definition) is 7. The zero-order valence-corrected chi connectivity index (χ0v) is 16.5. The van der Waals surface area contributed by atoms with Gasteiger partial charge in [-0.1, -0.05) is 5.16 Å². The minimum atomic E-state index is -3.67. The Morgan fingerprint density at radius 3 is 2.75 bits per heavy atom. The number of nitrogens with one attached hydrogen (secondary N) is 1. The molecule has 150 valence electrons. The molecule has 1 aliphatic carbocycles. The number of methoxy groups -OCH3 is 2. The Balaban J connectivity index is 1.63. The normalized spacial score (nSPS) is 16.1. The number of benzene rings is 1. The molecular weight excluding hydrogens is 384 g/mol. The predicted octanol–water partition coefficient (Wildman–Crippen LogP) is 2.39. The van der Waals surface area contributed by atoms with Crippen molar-refractivity contribution >= 4 is 26.8 Å². The zero-order valence-electron chi connectivity index (χ0n) is 15.7. The monoisotopic (exact) mass is 406 g/mol. The maximum Gasteiger partial charge on any atom is 0.236 e. The van der Waals surface area contributed by atoms with Gasteiger partial charge in [-0.25, -0.2) is 8.42 Å². The standard InChI is InChI=1S/C18H22N4O5S/c1-25-14-9-13(11-22-8-4-7-19-22)10-15-16(14)17(20-27-15)21-28(23,24)12-18(26-2)5-3-6-18/h4,7-10H,3,5-6,11-12H2,1-2H3,(H,20,21). The minimum Gasteiger partial charge on any atom is -0.496 e. The largest absolute Gasteiger partial charge is 0.496 e. The van der Waals surface area contributed by atoms with E-state index in [1.807, 2.05) is 18.3 Å². The van der Waals surface area contributed by atoms with Crippen LogP contribution in [0.3, 0.4) is 0 Å². The molecule has 3 aromatic rings. The van der Waals surface area contributed by atoms with Crippen LogP contribution in [0.15, 0.2) is 35.1 Å². The van der Waals surface area contributed by atoms with Crippen LogP contribution < -0.4 is 9.46 Å². The van der Waals surface area contributed by atoms with Crippen molar-refractivity contribution in [2.24, 2.45) is 0 Å². The van der Waals surface area contributed by atoms with Gasteiger partial charge in [-0.05, 0) is 43.0 Å². The lowest BCUT2D eigenvalue weighted by atomic mass is 9.82. The van der Waals surface area contributed by atoms with Gasteiger partial charge in [0.25, 0.3) is 0 Å². The van der Waals surface area contributed by atoms with Gasteiger partial charge in [0.2, 0.25) is 10.0 Å². The van der Waals surface area contributed by atoms with Gasteiger partial charge in [-0.2, -0.15) is 5.10 Å². The summed E-state index contributed by atoms with van der Waals surface area (Å²) < 4.78 is 45.9. The Labute approximate surface area is 162 Å². The first-order chi connectivity index (χ1) is 13.4. The Morgan fingerprint density at radius 1 is 1.32 bits per heavy atom. The number of sulfonamides is 1. The highest BCUT2D eigenvalue weighted by Crippen LogP contribution is 2.38. The fourth-order valence-electron chi connectivity index (χ4n) is 3.50. The molecule has 0 unspecified atom stereocenters. The molecular formula is C18H22N4O5S. The summed E-state index contributed by atoms with van der Waals surface area (Å²) in [6.07, 6.45) is 5.96. The summed E-state index contributed by atoms with van der Waals surface area (Å²) in [7, 11) is -0.604. The van der Waals surface area contributed by atoms with E-state index in [0.29, 0.717) is 23.3 Å². The molecule has 4 rings (SSSR count). The summed E-state index contributed by atoms with van der Waals surface area (Å²) >= 11 is 0. The Kier molecular flexibility index (Phi) is 4.76. The van der Waals surface area contributed by atoms with Crippen LogP contribution >= 0.6 is 0 Å². The molecule has 0 radical (unpaired) electrons. The number of hydrogen-bond donors (Lipinski definition) is 1. The molecule has 0 aliphatic heterocycles. The van der Waals surface area contributed by atoms with Crippen molar-refractivity contribution in [1.82, 2.24) is 14.9 Å². The smallest absolute Gasteiger partial charge is 0.236 e. The van der Waals surface area contributed by atoms with Crippen LogP contribution in [0.2, 0.25) is 0 Å². The van der Waals surface area contributed by atoms with Gasteiger partial charge in [0.05, 0.1) is 25.0 Å². The Hall–Kier alpha value is -2.59. The fourth-order valence-corrected chi connectivity index (χ4v) is 5.11. The molecule has 1 aromatic carbocycles. The number of fused-ring (bicyclic) bond motifs is 1. The van der Waals surface area contributed by atoms with E-state index in [9.17, 15) is 8.42 Å². The molecule has 10 heteroatoms. The van der Waals surface area contributed by atoms with Crippen molar-refractivity contribution in [3.63, 3.8) is 0 Å². The summed E-state index contributed by atoms with van der Waals surface area (Å²) in [5.74, 6) is 0.469. The molecule has 1 N–H and O–H groups in total. The maximum atomic E-state index is 12.7. The van der Waals surface area contributed by atoms with Crippen molar-refractivity contribution in [3.8, 4) is 5.75 Å². The van der Waals surface area contributed by atoms with Gasteiger partial charge in [0, 0.05) is 19.5 Å². The Morgan fingerprint density at radius 2 is 2.14 bits per heavy atom. The number of ether oxygens (including phenoxy) is 2. The number of aromatic nitrogens is 3. The third-order valence-electron chi connectivity index (χ3n) is 5.12. The van der Waals surface area contributed by atoms with Crippen LogP contribution in [-0.4, -0.2) is 48.9 Å². The molecule has 0 saturated heterocycles. The van der Waals surface area contributed by atoms with Gasteiger partial charge in [-0.15, -0.1) is 0 Å². The molecule has 9 nitrogen and oxygen atoms in total. The molecule has 0 atom stereocenters. The highest BCUT2D eigenvalue weighted by atomic mass is 32.2. The quantitative estimate of drug-likeness (QED) is 0.612. The SMILES string of the molecule is COc1cc(Cn2cccn2)cc2onc(NS(=O)(=O)CC3(OC)CCC3)c12. The first-order valence-corrected chi connectivity index (χ1v) is 10.6. The average molecular weight is 406 g/mol. The van der Waals surface area contributed by atoms with Gasteiger partial charge >= 0.3 is 0 Å². The second kappa shape index (κ2) is 7.10. The van der Waals surface area contributed by atoms with Gasteiger partial charge < -0.3 is 14.0 Å². The fraction of sp³-hybridized carbons (Fsp3) is 0.444. The summed E-state index contributed by atoms with van der Waals surface area (Å²) in [6, 6.07) is 5.46. The van der Waals surface area contributed by atoms with Crippen LogP contribution in [-0.2, 0) is 21.3 Å². The molecule has 0 bridgehead atoms. The zero-order chi connectivity index (χ0) is 19.8. The molecule has 28 heavy (non-hydrogen) atoms. The van der Waals surface area contributed by atoms with Crippen LogP contribution in [0.25, 0.3) is 11.0 Å². The summed E-state index contributed by atoms with van der Waals surface area (Å²) in [6.45, 7) is 0.525. The second-order valence-corrected chi connectivity index (χ2v) is 8.73. The van der Waals surface area contributed by atoms with E-state index in [1.54, 1.807) is 24.1 Å². The maximum absolute atomic E-state index is 12.7. The molecule has 1 aliphatic rings.